The Bertz CT molecular complexity index is 371. The highest BCUT2D eigenvalue weighted by atomic mass is 35.5. The lowest BCUT2D eigenvalue weighted by atomic mass is 10.0. The monoisotopic (exact) mass is 259 g/mol. The van der Waals surface area contributed by atoms with Gasteiger partial charge in [-0.1, -0.05) is 11.6 Å². The Morgan fingerprint density at radius 1 is 1.29 bits per heavy atom. The Labute approximate surface area is 106 Å². The van der Waals surface area contributed by atoms with Crippen molar-refractivity contribution in [3.8, 4) is 11.5 Å². The van der Waals surface area contributed by atoms with Gasteiger partial charge in [-0.25, -0.2) is 0 Å². The van der Waals surface area contributed by atoms with Gasteiger partial charge in [-0.2, -0.15) is 0 Å². The minimum absolute atomic E-state index is 0.00103. The van der Waals surface area contributed by atoms with Gasteiger partial charge in [0.05, 0.1) is 19.2 Å². The van der Waals surface area contributed by atoms with Crippen LogP contribution in [0.4, 0.5) is 0 Å². The molecular formula is C12H18ClNO3. The van der Waals surface area contributed by atoms with Gasteiger partial charge in [0.25, 0.3) is 0 Å². The largest absolute Gasteiger partial charge is 0.496 e. The summed E-state index contributed by atoms with van der Waals surface area (Å²) in [4.78, 5) is 0. The maximum absolute atomic E-state index is 9.04. The Balaban J connectivity index is 3.18. The second-order valence-electron chi connectivity index (χ2n) is 3.58. The highest BCUT2D eigenvalue weighted by Crippen LogP contribution is 2.36. The van der Waals surface area contributed by atoms with Gasteiger partial charge < -0.3 is 19.9 Å². The molecule has 4 nitrogen and oxygen atoms in total. The lowest BCUT2D eigenvalue weighted by Gasteiger charge is -2.20. The lowest BCUT2D eigenvalue weighted by molar-refractivity contribution is 0.266. The lowest BCUT2D eigenvalue weighted by Crippen LogP contribution is -2.18. The molecule has 0 fully saturated rings. The molecule has 0 heterocycles. The number of halogens is 1. The molecule has 0 aliphatic carbocycles. The van der Waals surface area contributed by atoms with E-state index in [9.17, 15) is 0 Å². The van der Waals surface area contributed by atoms with Gasteiger partial charge in [0.2, 0.25) is 0 Å². The second-order valence-corrected chi connectivity index (χ2v) is 3.99. The number of aliphatic hydroxyl groups is 1. The summed E-state index contributed by atoms with van der Waals surface area (Å²) < 4.78 is 10.5. The Morgan fingerprint density at radius 2 is 1.94 bits per heavy atom. The smallest absolute Gasteiger partial charge is 0.138 e. The molecule has 17 heavy (non-hydrogen) atoms. The highest BCUT2D eigenvalue weighted by molar-refractivity contribution is 6.32. The van der Waals surface area contributed by atoms with E-state index >= 15 is 0 Å². The van der Waals surface area contributed by atoms with Gasteiger partial charge in [0, 0.05) is 24.3 Å². The summed E-state index contributed by atoms with van der Waals surface area (Å²) in [6.45, 7) is 0.0968. The number of ether oxygens (including phenoxy) is 2. The van der Waals surface area contributed by atoms with E-state index in [-0.39, 0.29) is 12.6 Å². The number of nitrogens with one attached hydrogen (secondary N) is 1. The standard InChI is InChI=1S/C12H18ClNO3/c1-14-10(4-5-15)8-6-12(17-3)9(13)7-11(8)16-2/h6-7,10,14-15H,4-5H2,1-3H3. The van der Waals surface area contributed by atoms with Crippen molar-refractivity contribution in [2.24, 2.45) is 0 Å². The molecule has 0 saturated heterocycles. The van der Waals surface area contributed by atoms with Crippen LogP contribution >= 0.6 is 11.6 Å². The van der Waals surface area contributed by atoms with Crippen molar-refractivity contribution in [3.05, 3.63) is 22.7 Å². The number of rotatable bonds is 6. The van der Waals surface area contributed by atoms with Crippen LogP contribution in [0.2, 0.25) is 5.02 Å². The zero-order chi connectivity index (χ0) is 12.8. The van der Waals surface area contributed by atoms with Gasteiger partial charge >= 0.3 is 0 Å². The Kier molecular flexibility index (Phi) is 5.55. The van der Waals surface area contributed by atoms with Gasteiger partial charge in [-0.05, 0) is 19.5 Å². The predicted molar refractivity (Wildman–Crippen MR) is 68.1 cm³/mol. The molecule has 0 radical (unpaired) electrons. The van der Waals surface area contributed by atoms with Crippen molar-refractivity contribution in [3.63, 3.8) is 0 Å². The summed E-state index contributed by atoms with van der Waals surface area (Å²) in [5, 5.41) is 12.7. The first kappa shape index (κ1) is 14.1. The molecule has 0 bridgehead atoms. The zero-order valence-corrected chi connectivity index (χ0v) is 11.0. The average Bonchev–Trinajstić information content (AvgIpc) is 2.35. The molecule has 2 N–H and O–H groups in total. The fraction of sp³-hybridized carbons (Fsp3) is 0.500. The Morgan fingerprint density at radius 3 is 2.41 bits per heavy atom. The normalized spacial score (nSPS) is 12.3. The summed E-state index contributed by atoms with van der Waals surface area (Å²) in [5.41, 5.74) is 0.922. The minimum atomic E-state index is 0.00103. The fourth-order valence-corrected chi connectivity index (χ4v) is 1.97. The molecule has 1 atom stereocenters. The summed E-state index contributed by atoms with van der Waals surface area (Å²) in [6, 6.07) is 3.55. The Hall–Kier alpha value is -0.970. The van der Waals surface area contributed by atoms with Gasteiger partial charge in [0.1, 0.15) is 11.5 Å². The molecule has 0 aromatic heterocycles. The molecule has 0 aliphatic rings. The van der Waals surface area contributed by atoms with Crippen molar-refractivity contribution in [2.75, 3.05) is 27.9 Å². The first-order chi connectivity index (χ1) is 8.17. The van der Waals surface area contributed by atoms with Crippen LogP contribution in [-0.2, 0) is 0 Å². The number of hydrogen-bond donors (Lipinski definition) is 2. The second kappa shape index (κ2) is 6.69. The van der Waals surface area contributed by atoms with E-state index < -0.39 is 0 Å². The summed E-state index contributed by atoms with van der Waals surface area (Å²) in [6.07, 6.45) is 0.595. The highest BCUT2D eigenvalue weighted by Gasteiger charge is 2.17. The van der Waals surface area contributed by atoms with Crippen molar-refractivity contribution in [1.82, 2.24) is 5.32 Å². The predicted octanol–water partition coefficient (Wildman–Crippen LogP) is 2.00. The summed E-state index contributed by atoms with van der Waals surface area (Å²) in [7, 11) is 4.99. The minimum Gasteiger partial charge on any atom is -0.496 e. The van der Waals surface area contributed by atoms with Crippen LogP contribution in [0, 0.1) is 0 Å². The molecule has 1 aromatic carbocycles. The molecule has 0 saturated carbocycles. The van der Waals surface area contributed by atoms with Crippen LogP contribution in [-0.4, -0.2) is 33.0 Å². The van der Waals surface area contributed by atoms with E-state index in [0.717, 1.165) is 5.56 Å². The first-order valence-corrected chi connectivity index (χ1v) is 5.75. The third kappa shape index (κ3) is 3.25. The third-order valence-electron chi connectivity index (χ3n) is 2.65. The summed E-state index contributed by atoms with van der Waals surface area (Å²) >= 11 is 6.03. The maximum atomic E-state index is 9.04. The van der Waals surface area contributed by atoms with E-state index in [0.29, 0.717) is 22.9 Å². The molecule has 1 aromatic rings. The average molecular weight is 260 g/mol. The third-order valence-corrected chi connectivity index (χ3v) is 2.94. The van der Waals surface area contributed by atoms with Gasteiger partial charge in [0.15, 0.2) is 0 Å². The molecule has 96 valence electrons. The first-order valence-electron chi connectivity index (χ1n) is 5.37. The number of benzene rings is 1. The fourth-order valence-electron chi connectivity index (χ4n) is 1.74. The van der Waals surface area contributed by atoms with Crippen LogP contribution in [0.15, 0.2) is 12.1 Å². The van der Waals surface area contributed by atoms with Crippen LogP contribution in [0.1, 0.15) is 18.0 Å². The van der Waals surface area contributed by atoms with E-state index in [2.05, 4.69) is 5.32 Å². The van der Waals surface area contributed by atoms with Crippen molar-refractivity contribution in [1.29, 1.82) is 0 Å². The van der Waals surface area contributed by atoms with Crippen LogP contribution in [0.5, 0.6) is 11.5 Å². The quantitative estimate of drug-likeness (QED) is 0.821. The SMILES string of the molecule is CNC(CCO)c1cc(OC)c(Cl)cc1OC. The maximum Gasteiger partial charge on any atom is 0.138 e. The number of hydrogen-bond acceptors (Lipinski definition) is 4. The van der Waals surface area contributed by atoms with Crippen molar-refractivity contribution in [2.45, 2.75) is 12.5 Å². The molecule has 1 rings (SSSR count). The topological polar surface area (TPSA) is 50.7 Å². The van der Waals surface area contributed by atoms with Crippen LogP contribution in [0.25, 0.3) is 0 Å². The van der Waals surface area contributed by atoms with E-state index in [1.165, 1.54) is 0 Å². The van der Waals surface area contributed by atoms with Crippen molar-refractivity contribution >= 4 is 11.6 Å². The number of methoxy groups -OCH3 is 2. The zero-order valence-electron chi connectivity index (χ0n) is 10.3. The molecule has 0 spiro atoms. The van der Waals surface area contributed by atoms with Crippen molar-refractivity contribution < 1.29 is 14.6 Å². The van der Waals surface area contributed by atoms with Crippen LogP contribution < -0.4 is 14.8 Å². The molecule has 1 unspecified atom stereocenters. The summed E-state index contributed by atoms with van der Waals surface area (Å²) in [5.74, 6) is 1.28. The van der Waals surface area contributed by atoms with E-state index in [4.69, 9.17) is 26.2 Å². The number of aliphatic hydroxyl groups excluding tert-OH is 1. The molecule has 5 heteroatoms. The van der Waals surface area contributed by atoms with E-state index in [1.54, 1.807) is 20.3 Å². The van der Waals surface area contributed by atoms with Gasteiger partial charge in [-0.15, -0.1) is 0 Å². The molecule has 0 aliphatic heterocycles. The van der Waals surface area contributed by atoms with Gasteiger partial charge in [-0.3, -0.25) is 0 Å². The molecular weight excluding hydrogens is 242 g/mol. The van der Waals surface area contributed by atoms with E-state index in [1.807, 2.05) is 13.1 Å². The molecule has 0 amide bonds. The van der Waals surface area contributed by atoms with Crippen LogP contribution in [0.3, 0.4) is 0 Å².